The van der Waals surface area contributed by atoms with Crippen molar-refractivity contribution in [2.45, 2.75) is 31.7 Å². The van der Waals surface area contributed by atoms with Crippen LogP contribution in [0.25, 0.3) is 0 Å². The molecule has 1 aromatic rings. The highest BCUT2D eigenvalue weighted by atomic mass is 16.6. The third-order valence-electron chi connectivity index (χ3n) is 3.19. The maximum Gasteiger partial charge on any atom is 0.372 e. The van der Waals surface area contributed by atoms with Gasteiger partial charge in [0, 0.05) is 13.2 Å². The summed E-state index contributed by atoms with van der Waals surface area (Å²) in [7, 11) is 1.53. The molecule has 0 aromatic carbocycles. The minimum atomic E-state index is -0.514. The van der Waals surface area contributed by atoms with Crippen molar-refractivity contribution < 1.29 is 14.4 Å². The van der Waals surface area contributed by atoms with Crippen molar-refractivity contribution in [3.05, 3.63) is 16.4 Å². The smallest absolute Gasteiger partial charge is 0.372 e. The number of rotatable bonds is 7. The zero-order valence-corrected chi connectivity index (χ0v) is 11.4. The lowest BCUT2D eigenvalue weighted by atomic mass is 10.2. The Balaban J connectivity index is 2.16. The summed E-state index contributed by atoms with van der Waals surface area (Å²) in [5.41, 5.74) is -0.212. The van der Waals surface area contributed by atoms with Gasteiger partial charge in [0.15, 0.2) is 0 Å². The van der Waals surface area contributed by atoms with Gasteiger partial charge in [-0.15, -0.1) is 0 Å². The Labute approximate surface area is 116 Å². The molecule has 0 amide bonds. The first-order chi connectivity index (χ1) is 9.72. The first kappa shape index (κ1) is 14.4. The number of anilines is 1. The molecule has 20 heavy (non-hydrogen) atoms. The summed E-state index contributed by atoms with van der Waals surface area (Å²) in [6.45, 7) is 0.545. The van der Waals surface area contributed by atoms with Crippen LogP contribution in [0, 0.1) is 10.1 Å². The Hall–Kier alpha value is -1.96. The topological polar surface area (TPSA) is 99.4 Å². The van der Waals surface area contributed by atoms with E-state index >= 15 is 0 Å². The fourth-order valence-electron chi connectivity index (χ4n) is 2.22. The molecule has 0 unspecified atom stereocenters. The van der Waals surface area contributed by atoms with Crippen LogP contribution in [-0.2, 0) is 4.74 Å². The average molecular weight is 282 g/mol. The van der Waals surface area contributed by atoms with Crippen LogP contribution in [0.4, 0.5) is 11.5 Å². The summed E-state index contributed by atoms with van der Waals surface area (Å²) in [6.07, 6.45) is 5.54. The van der Waals surface area contributed by atoms with Crippen LogP contribution >= 0.6 is 0 Å². The fraction of sp³-hybridized carbons (Fsp3) is 0.667. The van der Waals surface area contributed by atoms with Gasteiger partial charge in [-0.25, -0.2) is 4.98 Å². The van der Waals surface area contributed by atoms with Gasteiger partial charge in [-0.1, -0.05) is 12.8 Å². The highest BCUT2D eigenvalue weighted by molar-refractivity contribution is 5.61. The van der Waals surface area contributed by atoms with Gasteiger partial charge < -0.3 is 14.8 Å². The number of nitrogens with zero attached hydrogens (tertiary/aromatic N) is 3. The molecule has 2 rings (SSSR count). The Morgan fingerprint density at radius 3 is 2.80 bits per heavy atom. The number of hydrogen-bond donors (Lipinski definition) is 1. The summed E-state index contributed by atoms with van der Waals surface area (Å²) in [4.78, 5) is 18.5. The Morgan fingerprint density at radius 2 is 2.15 bits per heavy atom. The van der Waals surface area contributed by atoms with E-state index in [-0.39, 0.29) is 30.0 Å². The summed E-state index contributed by atoms with van der Waals surface area (Å²) < 4.78 is 10.1. The van der Waals surface area contributed by atoms with E-state index in [2.05, 4.69) is 15.3 Å². The van der Waals surface area contributed by atoms with Gasteiger partial charge >= 0.3 is 5.69 Å². The Bertz CT molecular complexity index is 463. The third-order valence-corrected chi connectivity index (χ3v) is 3.19. The summed E-state index contributed by atoms with van der Waals surface area (Å²) >= 11 is 0. The zero-order chi connectivity index (χ0) is 14.4. The molecular formula is C12H18N4O4. The number of methoxy groups -OCH3 is 1. The number of nitrogens with one attached hydrogen (secondary N) is 1. The van der Waals surface area contributed by atoms with Crippen LogP contribution < -0.4 is 10.1 Å². The predicted molar refractivity (Wildman–Crippen MR) is 71.9 cm³/mol. The normalized spacial score (nSPS) is 15.2. The minimum Gasteiger partial charge on any atom is -0.470 e. The molecular weight excluding hydrogens is 264 g/mol. The van der Waals surface area contributed by atoms with E-state index in [1.165, 1.54) is 13.4 Å². The molecule has 0 aliphatic heterocycles. The van der Waals surface area contributed by atoms with Crippen LogP contribution in [0.2, 0.25) is 0 Å². The molecule has 1 fully saturated rings. The molecule has 1 aromatic heterocycles. The van der Waals surface area contributed by atoms with Crippen LogP contribution in [0.5, 0.6) is 5.88 Å². The zero-order valence-electron chi connectivity index (χ0n) is 11.4. The lowest BCUT2D eigenvalue weighted by Crippen LogP contribution is -2.17. The molecule has 1 aliphatic carbocycles. The number of aromatic nitrogens is 2. The second-order valence-electron chi connectivity index (χ2n) is 4.60. The molecule has 8 heteroatoms. The minimum absolute atomic E-state index is 0.0254. The van der Waals surface area contributed by atoms with E-state index in [0.29, 0.717) is 6.61 Å². The average Bonchev–Trinajstić information content (AvgIpc) is 2.92. The van der Waals surface area contributed by atoms with Crippen molar-refractivity contribution in [1.29, 1.82) is 0 Å². The van der Waals surface area contributed by atoms with Gasteiger partial charge in [0.1, 0.15) is 12.9 Å². The second kappa shape index (κ2) is 6.99. The molecule has 1 saturated carbocycles. The van der Waals surface area contributed by atoms with Crippen molar-refractivity contribution in [2.75, 3.05) is 25.6 Å². The van der Waals surface area contributed by atoms with Gasteiger partial charge in [-0.2, -0.15) is 4.98 Å². The predicted octanol–water partition coefficient (Wildman–Crippen LogP) is 1.76. The van der Waals surface area contributed by atoms with E-state index in [9.17, 15) is 10.1 Å². The van der Waals surface area contributed by atoms with Gasteiger partial charge in [-0.3, -0.25) is 10.1 Å². The maximum atomic E-state index is 11.2. The van der Waals surface area contributed by atoms with Crippen LogP contribution in [0.15, 0.2) is 6.33 Å². The lowest BCUT2D eigenvalue weighted by molar-refractivity contribution is -0.385. The quantitative estimate of drug-likeness (QED) is 0.462. The van der Waals surface area contributed by atoms with E-state index in [1.54, 1.807) is 0 Å². The van der Waals surface area contributed by atoms with Gasteiger partial charge in [0.25, 0.3) is 5.88 Å². The van der Waals surface area contributed by atoms with E-state index in [0.717, 1.165) is 25.7 Å². The third kappa shape index (κ3) is 3.53. The first-order valence-corrected chi connectivity index (χ1v) is 6.60. The van der Waals surface area contributed by atoms with Crippen LogP contribution in [-0.4, -0.2) is 41.3 Å². The molecule has 110 valence electrons. The Kier molecular flexibility index (Phi) is 5.05. The number of ether oxygens (including phenoxy) is 2. The maximum absolute atomic E-state index is 11.2. The molecule has 1 heterocycles. The summed E-state index contributed by atoms with van der Waals surface area (Å²) in [5, 5.41) is 14.3. The molecule has 0 spiro atoms. The largest absolute Gasteiger partial charge is 0.470 e. The molecule has 8 nitrogen and oxygen atoms in total. The monoisotopic (exact) mass is 282 g/mol. The SMILES string of the molecule is COCCOc1ncnc(NC2CCCC2)c1[N+](=O)[O-]. The molecule has 0 atom stereocenters. The molecule has 0 saturated heterocycles. The van der Waals surface area contributed by atoms with E-state index in [4.69, 9.17) is 9.47 Å². The van der Waals surface area contributed by atoms with Crippen molar-refractivity contribution in [1.82, 2.24) is 9.97 Å². The van der Waals surface area contributed by atoms with Crippen molar-refractivity contribution in [3.8, 4) is 5.88 Å². The number of hydrogen-bond acceptors (Lipinski definition) is 7. The highest BCUT2D eigenvalue weighted by Crippen LogP contribution is 2.33. The van der Waals surface area contributed by atoms with Crippen molar-refractivity contribution in [3.63, 3.8) is 0 Å². The molecule has 1 aliphatic rings. The van der Waals surface area contributed by atoms with Gasteiger partial charge in [0.2, 0.25) is 5.82 Å². The van der Waals surface area contributed by atoms with Crippen LogP contribution in [0.3, 0.4) is 0 Å². The van der Waals surface area contributed by atoms with E-state index in [1.807, 2.05) is 0 Å². The molecule has 1 N–H and O–H groups in total. The summed E-state index contributed by atoms with van der Waals surface area (Å²) in [6, 6.07) is 0.232. The standard InChI is InChI=1S/C12H18N4O4/c1-19-6-7-20-12-10(16(17)18)11(13-8-14-12)15-9-4-2-3-5-9/h8-9H,2-7H2,1H3,(H,13,14,15). The van der Waals surface area contributed by atoms with Crippen molar-refractivity contribution in [2.24, 2.45) is 0 Å². The molecule has 0 bridgehead atoms. The first-order valence-electron chi connectivity index (χ1n) is 6.60. The lowest BCUT2D eigenvalue weighted by Gasteiger charge is -2.13. The highest BCUT2D eigenvalue weighted by Gasteiger charge is 2.27. The number of nitro groups is 1. The Morgan fingerprint density at radius 1 is 1.40 bits per heavy atom. The molecule has 0 radical (unpaired) electrons. The van der Waals surface area contributed by atoms with Crippen LogP contribution in [0.1, 0.15) is 25.7 Å². The fourth-order valence-corrected chi connectivity index (χ4v) is 2.22. The van der Waals surface area contributed by atoms with Crippen molar-refractivity contribution >= 4 is 11.5 Å². The summed E-state index contributed by atoms with van der Waals surface area (Å²) in [5.74, 6) is 0.201. The second-order valence-corrected chi connectivity index (χ2v) is 4.60. The van der Waals surface area contributed by atoms with Gasteiger partial charge in [0.05, 0.1) is 11.5 Å². The van der Waals surface area contributed by atoms with E-state index < -0.39 is 4.92 Å². The van der Waals surface area contributed by atoms with Gasteiger partial charge in [-0.05, 0) is 12.8 Å².